The molecule has 4 aliphatic rings. The second-order valence-corrected chi connectivity index (χ2v) is 10.9. The van der Waals surface area contributed by atoms with Crippen molar-refractivity contribution in [3.05, 3.63) is 29.8 Å². The molecule has 1 saturated carbocycles. The van der Waals surface area contributed by atoms with Gasteiger partial charge in [0.1, 0.15) is 5.75 Å². The second kappa shape index (κ2) is 9.46. The third kappa shape index (κ3) is 5.23. The molecule has 1 amide bonds. The first-order valence-corrected chi connectivity index (χ1v) is 13.4. The van der Waals surface area contributed by atoms with Crippen molar-refractivity contribution in [1.29, 1.82) is 0 Å². The second-order valence-electron chi connectivity index (χ2n) is 9.10. The van der Waals surface area contributed by atoms with Crippen molar-refractivity contribution in [3.63, 3.8) is 0 Å². The topological polar surface area (TPSA) is 84.9 Å². The van der Waals surface area contributed by atoms with Crippen LogP contribution in [0.25, 0.3) is 0 Å². The van der Waals surface area contributed by atoms with Crippen LogP contribution in [0.1, 0.15) is 63.4 Å². The summed E-state index contributed by atoms with van der Waals surface area (Å²) >= 11 is 0. The number of carbonyl (C=O) groups is 1. The molecule has 0 aromatic heterocycles. The Labute approximate surface area is 185 Å². The molecule has 2 bridgehead atoms. The summed E-state index contributed by atoms with van der Waals surface area (Å²) in [6, 6.07) is 7.40. The summed E-state index contributed by atoms with van der Waals surface area (Å²) in [5.74, 6) is 1.12. The zero-order chi connectivity index (χ0) is 22.0. The number of benzene rings is 1. The molecule has 3 atom stereocenters. The van der Waals surface area contributed by atoms with Gasteiger partial charge in [-0.05, 0) is 62.5 Å². The van der Waals surface area contributed by atoms with E-state index in [0.717, 1.165) is 37.9 Å². The zero-order valence-corrected chi connectivity index (χ0v) is 19.3. The Hall–Kier alpha value is -1.64. The van der Waals surface area contributed by atoms with Crippen molar-refractivity contribution < 1.29 is 22.7 Å². The first-order valence-electron chi connectivity index (χ1n) is 11.5. The molecule has 2 unspecified atom stereocenters. The maximum Gasteiger partial charge on any atom is 0.264 e. The van der Waals surface area contributed by atoms with E-state index in [-0.39, 0.29) is 24.1 Å². The fraction of sp³-hybridized carbons (Fsp3) is 0.696. The largest absolute Gasteiger partial charge is 0.480 e. The van der Waals surface area contributed by atoms with Crippen LogP contribution in [0.2, 0.25) is 0 Å². The van der Waals surface area contributed by atoms with E-state index in [1.807, 2.05) is 25.1 Å². The van der Waals surface area contributed by atoms with E-state index in [1.165, 1.54) is 11.8 Å². The zero-order valence-electron chi connectivity index (χ0n) is 18.5. The maximum atomic E-state index is 13.6. The third-order valence-electron chi connectivity index (χ3n) is 6.88. The number of nitrogens with zero attached hydrogens (tertiary/aromatic N) is 1. The Bertz CT molecular complexity index is 882. The minimum atomic E-state index is -3.39. The molecule has 1 N–H and O–H groups in total. The van der Waals surface area contributed by atoms with Crippen molar-refractivity contribution in [2.45, 2.75) is 82.1 Å². The number of hydrogen-bond acceptors (Lipinski definition) is 5. The molecule has 1 saturated heterocycles. The van der Waals surface area contributed by atoms with Gasteiger partial charge in [-0.3, -0.25) is 4.79 Å². The normalized spacial score (nSPS) is 32.1. The highest BCUT2D eigenvalue weighted by molar-refractivity contribution is 7.88. The molecule has 0 spiro atoms. The highest BCUT2D eigenvalue weighted by Gasteiger charge is 2.40. The highest BCUT2D eigenvalue weighted by atomic mass is 32.2. The van der Waals surface area contributed by atoms with Crippen molar-refractivity contribution in [1.82, 2.24) is 9.62 Å². The first-order chi connectivity index (χ1) is 14.9. The molecule has 1 aliphatic carbocycles. The Balaban J connectivity index is 1.68. The van der Waals surface area contributed by atoms with Gasteiger partial charge in [-0.2, -0.15) is 0 Å². The van der Waals surface area contributed by atoms with E-state index in [9.17, 15) is 13.2 Å². The first kappa shape index (κ1) is 22.6. The van der Waals surface area contributed by atoms with Crippen molar-refractivity contribution in [2.24, 2.45) is 0 Å². The van der Waals surface area contributed by atoms with Gasteiger partial charge in [0.05, 0.1) is 25.0 Å². The van der Waals surface area contributed by atoms with Crippen LogP contribution in [0, 0.1) is 0 Å². The summed E-state index contributed by atoms with van der Waals surface area (Å²) in [6.07, 6.45) is 6.67. The van der Waals surface area contributed by atoms with Gasteiger partial charge in [0.2, 0.25) is 10.0 Å². The summed E-state index contributed by atoms with van der Waals surface area (Å²) in [4.78, 5) is 15.4. The maximum absolute atomic E-state index is 13.6. The number of para-hydroxylation sites is 1. The molecule has 5 rings (SSSR count). The number of rotatable bonds is 3. The number of sulfonamides is 1. The lowest BCUT2D eigenvalue weighted by Crippen LogP contribution is -2.61. The van der Waals surface area contributed by atoms with Crippen LogP contribution in [0.4, 0.5) is 0 Å². The van der Waals surface area contributed by atoms with Crippen LogP contribution >= 0.6 is 0 Å². The summed E-state index contributed by atoms with van der Waals surface area (Å²) in [7, 11) is -3.39. The molecule has 2 fully saturated rings. The van der Waals surface area contributed by atoms with Gasteiger partial charge in [-0.25, -0.2) is 13.1 Å². The molecular weight excluding hydrogens is 416 g/mol. The van der Waals surface area contributed by atoms with Gasteiger partial charge < -0.3 is 14.4 Å². The number of ether oxygens (including phenoxy) is 2. The van der Waals surface area contributed by atoms with Gasteiger partial charge >= 0.3 is 0 Å². The lowest BCUT2D eigenvalue weighted by Gasteiger charge is -2.42. The van der Waals surface area contributed by atoms with Crippen LogP contribution in [0.15, 0.2) is 24.3 Å². The smallest absolute Gasteiger partial charge is 0.264 e. The molecule has 1 aromatic carbocycles. The van der Waals surface area contributed by atoms with Crippen molar-refractivity contribution >= 4 is 15.9 Å². The quantitative estimate of drug-likeness (QED) is 0.766. The average molecular weight is 451 g/mol. The monoisotopic (exact) mass is 450 g/mol. The fourth-order valence-corrected chi connectivity index (χ4v) is 6.12. The van der Waals surface area contributed by atoms with E-state index in [1.54, 1.807) is 4.90 Å². The van der Waals surface area contributed by atoms with Crippen molar-refractivity contribution in [2.75, 3.05) is 19.4 Å². The number of fused-ring (bicyclic) bond motifs is 5. The van der Waals surface area contributed by atoms with E-state index in [2.05, 4.69) is 10.8 Å². The van der Waals surface area contributed by atoms with Gasteiger partial charge in [0.15, 0.2) is 6.10 Å². The van der Waals surface area contributed by atoms with Crippen LogP contribution in [-0.2, 0) is 19.6 Å². The van der Waals surface area contributed by atoms with E-state index < -0.39 is 16.1 Å². The van der Waals surface area contributed by atoms with E-state index in [4.69, 9.17) is 9.47 Å². The van der Waals surface area contributed by atoms with Gasteiger partial charge in [0, 0.05) is 12.6 Å². The SMILES string of the molecule is CCC1Oc2ccccc2C2CCC(CC2)OC[C@H]2C(NS(C)(=O)=O)CCCN2C1=O. The Kier molecular flexibility index (Phi) is 6.89. The number of amides is 1. The lowest BCUT2D eigenvalue weighted by molar-refractivity contribution is -0.146. The number of carbonyl (C=O) groups excluding carboxylic acids is 1. The molecule has 31 heavy (non-hydrogen) atoms. The third-order valence-corrected chi connectivity index (χ3v) is 7.61. The predicted molar refractivity (Wildman–Crippen MR) is 119 cm³/mol. The Morgan fingerprint density at radius 3 is 2.58 bits per heavy atom. The molecule has 172 valence electrons. The molecule has 7 nitrogen and oxygen atoms in total. The molecular formula is C23H34N2O5S. The average Bonchev–Trinajstić information content (AvgIpc) is 2.76. The van der Waals surface area contributed by atoms with E-state index in [0.29, 0.717) is 31.9 Å². The predicted octanol–water partition coefficient (Wildman–Crippen LogP) is 2.81. The lowest BCUT2D eigenvalue weighted by atomic mass is 9.82. The minimum absolute atomic E-state index is 0.0857. The molecule has 1 aromatic rings. The fourth-order valence-electron chi connectivity index (χ4n) is 5.30. The summed E-state index contributed by atoms with van der Waals surface area (Å²) in [6.45, 7) is 2.89. The minimum Gasteiger partial charge on any atom is -0.480 e. The number of hydrogen-bond donors (Lipinski definition) is 1. The van der Waals surface area contributed by atoms with Gasteiger partial charge in [-0.1, -0.05) is 25.1 Å². The van der Waals surface area contributed by atoms with Gasteiger partial charge in [-0.15, -0.1) is 0 Å². The number of piperidine rings is 1. The Morgan fingerprint density at radius 2 is 1.87 bits per heavy atom. The van der Waals surface area contributed by atoms with Crippen LogP contribution in [0.3, 0.4) is 0 Å². The van der Waals surface area contributed by atoms with Crippen LogP contribution < -0.4 is 9.46 Å². The number of nitrogens with one attached hydrogen (secondary N) is 1. The summed E-state index contributed by atoms with van der Waals surface area (Å²) in [5.41, 5.74) is 1.18. The molecule has 3 aliphatic heterocycles. The van der Waals surface area contributed by atoms with Crippen LogP contribution in [0.5, 0.6) is 5.75 Å². The highest BCUT2D eigenvalue weighted by Crippen LogP contribution is 2.39. The van der Waals surface area contributed by atoms with E-state index >= 15 is 0 Å². The molecule has 8 heteroatoms. The Morgan fingerprint density at radius 1 is 1.13 bits per heavy atom. The summed E-state index contributed by atoms with van der Waals surface area (Å²) in [5, 5.41) is 0. The summed E-state index contributed by atoms with van der Waals surface area (Å²) < 4.78 is 39.3. The molecule has 3 heterocycles. The van der Waals surface area contributed by atoms with Crippen LogP contribution in [-0.4, -0.2) is 62.9 Å². The standard InChI is InChI=1S/C23H34N2O5S/c1-3-21-23(26)25-14-6-8-19(24-31(2,27)28)20(25)15-29-17-12-10-16(11-13-17)18-7-4-5-9-22(18)30-21/h4-5,7,9,16-17,19-21,24H,3,6,8,10-15H2,1-2H3/t16?,17?,19?,20-,21?/m0/s1. The molecule has 0 radical (unpaired) electrons. The van der Waals surface area contributed by atoms with Crippen molar-refractivity contribution in [3.8, 4) is 5.75 Å². The van der Waals surface area contributed by atoms with Gasteiger partial charge in [0.25, 0.3) is 5.91 Å².